The Morgan fingerprint density at radius 1 is 1.33 bits per heavy atom. The Morgan fingerprint density at radius 3 is 2.50 bits per heavy atom. The van der Waals surface area contributed by atoms with Gasteiger partial charge < -0.3 is 5.32 Å². The Balaban J connectivity index is 0.00000121. The fraction of sp³-hybridized carbons (Fsp3) is 0.250. The van der Waals surface area contributed by atoms with Crippen molar-refractivity contribution in [1.29, 1.82) is 0 Å². The lowest BCUT2D eigenvalue weighted by Crippen LogP contribution is -2.05. The molecule has 1 rings (SSSR count). The van der Waals surface area contributed by atoms with Gasteiger partial charge in [0.15, 0.2) is 0 Å². The van der Waals surface area contributed by atoms with Gasteiger partial charge in [-0.05, 0) is 24.7 Å². The topological polar surface area (TPSA) is 12.0 Å². The second kappa shape index (κ2) is 5.97. The van der Waals surface area contributed by atoms with Gasteiger partial charge in [-0.3, -0.25) is 0 Å². The van der Waals surface area contributed by atoms with E-state index in [-0.39, 0.29) is 12.4 Å². The van der Waals surface area contributed by atoms with E-state index in [1.54, 1.807) is 0 Å². The lowest BCUT2D eigenvalue weighted by molar-refractivity contribution is 0.814. The zero-order valence-corrected chi connectivity index (χ0v) is 10.6. The maximum absolute atomic E-state index is 3.48. The standard InChI is InChI=1S/C8H9Br2N.ClH/c1-11-5-6-2-3-7(9)4-8(6)10;/h2-4,11H,5H2,1H3;1H. The van der Waals surface area contributed by atoms with Crippen LogP contribution in [0, 0.1) is 0 Å². The van der Waals surface area contributed by atoms with Gasteiger partial charge in [0.05, 0.1) is 0 Å². The lowest BCUT2D eigenvalue weighted by Gasteiger charge is -2.02. The molecule has 12 heavy (non-hydrogen) atoms. The number of hydrogen-bond acceptors (Lipinski definition) is 1. The van der Waals surface area contributed by atoms with Crippen molar-refractivity contribution in [3.63, 3.8) is 0 Å². The van der Waals surface area contributed by atoms with Gasteiger partial charge in [-0.15, -0.1) is 12.4 Å². The molecule has 0 fully saturated rings. The fourth-order valence-corrected chi connectivity index (χ4v) is 2.04. The van der Waals surface area contributed by atoms with E-state index in [0.29, 0.717) is 0 Å². The van der Waals surface area contributed by atoms with Crippen LogP contribution < -0.4 is 5.32 Å². The van der Waals surface area contributed by atoms with Crippen molar-refractivity contribution in [2.45, 2.75) is 6.54 Å². The van der Waals surface area contributed by atoms with Crippen molar-refractivity contribution < 1.29 is 0 Å². The Kier molecular flexibility index (Phi) is 6.19. The molecule has 1 aromatic carbocycles. The summed E-state index contributed by atoms with van der Waals surface area (Å²) in [6.45, 7) is 0.897. The summed E-state index contributed by atoms with van der Waals surface area (Å²) in [7, 11) is 1.94. The highest BCUT2D eigenvalue weighted by molar-refractivity contribution is 9.11. The van der Waals surface area contributed by atoms with Crippen LogP contribution in [0.3, 0.4) is 0 Å². The van der Waals surface area contributed by atoms with Gasteiger partial charge in [-0.1, -0.05) is 37.9 Å². The molecule has 0 aliphatic rings. The monoisotopic (exact) mass is 313 g/mol. The lowest BCUT2D eigenvalue weighted by atomic mass is 10.2. The molecule has 0 aromatic heterocycles. The van der Waals surface area contributed by atoms with Crippen molar-refractivity contribution in [2.24, 2.45) is 0 Å². The van der Waals surface area contributed by atoms with Crippen molar-refractivity contribution in [2.75, 3.05) is 7.05 Å². The third kappa shape index (κ3) is 3.44. The van der Waals surface area contributed by atoms with E-state index in [1.807, 2.05) is 19.2 Å². The minimum Gasteiger partial charge on any atom is -0.316 e. The molecule has 1 aromatic rings. The molecular weight excluding hydrogens is 305 g/mol. The van der Waals surface area contributed by atoms with Crippen LogP contribution in [0.25, 0.3) is 0 Å². The molecule has 0 unspecified atom stereocenters. The molecule has 0 radical (unpaired) electrons. The Bertz CT molecular complexity index is 253. The molecule has 0 atom stereocenters. The molecule has 0 aliphatic carbocycles. The van der Waals surface area contributed by atoms with Crippen molar-refractivity contribution in [3.8, 4) is 0 Å². The zero-order valence-electron chi connectivity index (χ0n) is 6.60. The van der Waals surface area contributed by atoms with Crippen molar-refractivity contribution in [3.05, 3.63) is 32.7 Å². The van der Waals surface area contributed by atoms with Gasteiger partial charge >= 0.3 is 0 Å². The van der Waals surface area contributed by atoms with Crippen molar-refractivity contribution >= 4 is 44.3 Å². The highest BCUT2D eigenvalue weighted by Crippen LogP contribution is 2.21. The van der Waals surface area contributed by atoms with Crippen LogP contribution >= 0.6 is 44.3 Å². The zero-order chi connectivity index (χ0) is 8.27. The van der Waals surface area contributed by atoms with Crippen LogP contribution in [0.2, 0.25) is 0 Å². The van der Waals surface area contributed by atoms with Crippen LogP contribution in [0.4, 0.5) is 0 Å². The summed E-state index contributed by atoms with van der Waals surface area (Å²) in [5.74, 6) is 0. The van der Waals surface area contributed by atoms with Gasteiger partial charge in [0.2, 0.25) is 0 Å². The Labute approximate surface area is 95.6 Å². The quantitative estimate of drug-likeness (QED) is 0.882. The summed E-state index contributed by atoms with van der Waals surface area (Å²) in [5.41, 5.74) is 1.27. The van der Waals surface area contributed by atoms with E-state index < -0.39 is 0 Å². The molecule has 0 aliphatic heterocycles. The molecule has 1 N–H and O–H groups in total. The summed E-state index contributed by atoms with van der Waals surface area (Å²) in [5, 5.41) is 3.10. The fourth-order valence-electron chi connectivity index (χ4n) is 0.855. The highest BCUT2D eigenvalue weighted by atomic mass is 79.9. The molecule has 0 bridgehead atoms. The van der Waals surface area contributed by atoms with E-state index in [1.165, 1.54) is 5.56 Å². The average molecular weight is 315 g/mol. The van der Waals surface area contributed by atoms with Crippen molar-refractivity contribution in [1.82, 2.24) is 5.32 Å². The molecule has 0 amide bonds. The van der Waals surface area contributed by atoms with Gasteiger partial charge in [-0.2, -0.15) is 0 Å². The smallest absolute Gasteiger partial charge is 0.0231 e. The predicted molar refractivity (Wildman–Crippen MR) is 61.9 cm³/mol. The maximum atomic E-state index is 3.48. The first-order chi connectivity index (χ1) is 5.24. The van der Waals surface area contributed by atoms with E-state index in [0.717, 1.165) is 15.5 Å². The molecule has 4 heteroatoms. The highest BCUT2D eigenvalue weighted by Gasteiger charge is 1.97. The van der Waals surface area contributed by atoms with Gasteiger partial charge in [-0.25, -0.2) is 0 Å². The van der Waals surface area contributed by atoms with Gasteiger partial charge in [0, 0.05) is 15.5 Å². The van der Waals surface area contributed by atoms with E-state index in [2.05, 4.69) is 43.2 Å². The molecular formula is C8H10Br2ClN. The van der Waals surface area contributed by atoms with Crippen LogP contribution in [0.5, 0.6) is 0 Å². The van der Waals surface area contributed by atoms with Crippen LogP contribution in [0.15, 0.2) is 27.1 Å². The number of rotatable bonds is 2. The molecule has 0 saturated heterocycles. The average Bonchev–Trinajstić information content (AvgIpc) is 1.95. The van der Waals surface area contributed by atoms with Crippen LogP contribution in [-0.4, -0.2) is 7.05 Å². The van der Waals surface area contributed by atoms with E-state index in [9.17, 15) is 0 Å². The molecule has 0 spiro atoms. The summed E-state index contributed by atoms with van der Waals surface area (Å²) < 4.78 is 2.24. The minimum absolute atomic E-state index is 0. The Morgan fingerprint density at radius 2 is 2.00 bits per heavy atom. The first-order valence-corrected chi connectivity index (χ1v) is 4.91. The summed E-state index contributed by atoms with van der Waals surface area (Å²) in [6, 6.07) is 6.18. The third-order valence-electron chi connectivity index (χ3n) is 1.38. The third-order valence-corrected chi connectivity index (χ3v) is 2.61. The predicted octanol–water partition coefficient (Wildman–Crippen LogP) is 3.35. The van der Waals surface area contributed by atoms with E-state index >= 15 is 0 Å². The Hall–Kier alpha value is 0.430. The maximum Gasteiger partial charge on any atom is 0.0231 e. The second-order valence-electron chi connectivity index (χ2n) is 2.27. The number of hydrogen-bond donors (Lipinski definition) is 1. The largest absolute Gasteiger partial charge is 0.316 e. The summed E-state index contributed by atoms with van der Waals surface area (Å²) in [6.07, 6.45) is 0. The molecule has 68 valence electrons. The SMILES string of the molecule is CNCc1ccc(Br)cc1Br.Cl. The summed E-state index contributed by atoms with van der Waals surface area (Å²) >= 11 is 6.88. The normalized spacial score (nSPS) is 9.25. The van der Waals surface area contributed by atoms with Crippen LogP contribution in [-0.2, 0) is 6.54 Å². The molecule has 0 heterocycles. The minimum atomic E-state index is 0. The van der Waals surface area contributed by atoms with Crippen LogP contribution in [0.1, 0.15) is 5.56 Å². The summed E-state index contributed by atoms with van der Waals surface area (Å²) in [4.78, 5) is 0. The molecule has 0 saturated carbocycles. The number of benzene rings is 1. The van der Waals surface area contributed by atoms with Gasteiger partial charge in [0.25, 0.3) is 0 Å². The number of nitrogens with one attached hydrogen (secondary N) is 1. The second-order valence-corrected chi connectivity index (χ2v) is 4.04. The first-order valence-electron chi connectivity index (χ1n) is 3.32. The molecule has 1 nitrogen and oxygen atoms in total. The number of halogens is 3. The first kappa shape index (κ1) is 12.4. The van der Waals surface area contributed by atoms with E-state index in [4.69, 9.17) is 0 Å². The van der Waals surface area contributed by atoms with Gasteiger partial charge in [0.1, 0.15) is 0 Å².